The predicted octanol–water partition coefficient (Wildman–Crippen LogP) is 5.12. The number of Topliss-reactive ketones (excluding diaryl/α,β-unsaturated/α-hetero) is 3. The van der Waals surface area contributed by atoms with E-state index in [1.807, 2.05) is 0 Å². The third-order valence-corrected chi connectivity index (χ3v) is 9.01. The number of allylic oxidation sites excluding steroid dienone is 8. The fraction of sp³-hybridized carbons (Fsp3) is 0.375. The van der Waals surface area contributed by atoms with Gasteiger partial charge in [0.25, 0.3) is 5.91 Å². The second kappa shape index (κ2) is 17.2. The first-order valence-corrected chi connectivity index (χ1v) is 16.6. The summed E-state index contributed by atoms with van der Waals surface area (Å²) in [5, 5.41) is 45.5. The van der Waals surface area contributed by atoms with E-state index in [1.54, 1.807) is 64.2 Å². The Kier molecular flexibility index (Phi) is 13.7. The van der Waals surface area contributed by atoms with Crippen molar-refractivity contribution in [3.63, 3.8) is 0 Å². The minimum atomic E-state index is -0.987. The maximum atomic E-state index is 13.7. The Labute approximate surface area is 293 Å². The van der Waals surface area contributed by atoms with Gasteiger partial charge in [0, 0.05) is 47.0 Å². The molecule has 6 atom stereocenters. The Hall–Kier alpha value is -4.77. The van der Waals surface area contributed by atoms with Crippen molar-refractivity contribution in [2.75, 3.05) is 0 Å². The Morgan fingerprint density at radius 3 is 2.10 bits per heavy atom. The Morgan fingerprint density at radius 1 is 0.740 bits per heavy atom. The molecular formula is C40H47NO9. The molecule has 10 nitrogen and oxygen atoms in total. The van der Waals surface area contributed by atoms with Crippen LogP contribution >= 0.6 is 0 Å². The summed E-state index contributed by atoms with van der Waals surface area (Å²) in [4.78, 5) is 66.3. The van der Waals surface area contributed by atoms with Gasteiger partial charge < -0.3 is 25.7 Å². The Morgan fingerprint density at radius 2 is 1.42 bits per heavy atom. The number of rotatable bonds is 0. The van der Waals surface area contributed by atoms with Gasteiger partial charge in [-0.25, -0.2) is 0 Å². The number of nitrogens with one attached hydrogen (secondary N) is 1. The minimum Gasteiger partial charge on any atom is -0.507 e. The summed E-state index contributed by atoms with van der Waals surface area (Å²) in [5.41, 5.74) is -0.106. The van der Waals surface area contributed by atoms with Crippen molar-refractivity contribution < 1.29 is 44.4 Å². The fourth-order valence-corrected chi connectivity index (χ4v) is 5.59. The number of phenolic OH excluding ortho intramolecular Hbond substituents is 1. The highest BCUT2D eigenvalue weighted by atomic mass is 16.3. The van der Waals surface area contributed by atoms with Crippen LogP contribution in [0, 0.1) is 24.7 Å². The highest BCUT2D eigenvalue weighted by Crippen LogP contribution is 2.35. The van der Waals surface area contributed by atoms with Crippen LogP contribution in [0.25, 0.3) is 0 Å². The van der Waals surface area contributed by atoms with E-state index in [-0.39, 0.29) is 63.6 Å². The third-order valence-electron chi connectivity index (χ3n) is 9.01. The molecule has 4 bridgehead atoms. The van der Waals surface area contributed by atoms with Crippen LogP contribution in [0.4, 0.5) is 0 Å². The molecule has 1 amide bonds. The first-order chi connectivity index (χ1) is 23.4. The van der Waals surface area contributed by atoms with Crippen molar-refractivity contribution in [1.82, 2.24) is 5.32 Å². The number of hydrogen-bond acceptors (Lipinski definition) is 9. The largest absolute Gasteiger partial charge is 0.507 e. The number of aryl methyl sites for hydroxylation is 1. The molecule has 50 heavy (non-hydrogen) atoms. The lowest BCUT2D eigenvalue weighted by Gasteiger charge is -2.22. The van der Waals surface area contributed by atoms with E-state index in [1.165, 1.54) is 45.1 Å². The lowest BCUT2D eigenvalue weighted by molar-refractivity contribution is -0.118. The van der Waals surface area contributed by atoms with E-state index in [9.17, 15) is 44.4 Å². The average Bonchev–Trinajstić information content (AvgIpc) is 3.07. The molecule has 1 aromatic carbocycles. The minimum absolute atomic E-state index is 0.110. The number of amides is 1. The molecule has 1 aliphatic carbocycles. The van der Waals surface area contributed by atoms with Crippen LogP contribution < -0.4 is 5.32 Å². The van der Waals surface area contributed by atoms with Crippen LogP contribution in [0.15, 0.2) is 89.2 Å². The molecule has 0 aromatic heterocycles. The SMILES string of the molecule is C/C1=C/C=C\C=C\[C@H](C)[C@@H](O)CC(=O)/C(C)=C/C[C@H](O)/C=C/[C@H](C)[C@H](O)[C@@H](C)/C=C(\C)C(=O)c2c(O)c(C)cc3c2C(=O)C=C(NC1=O)C3=O. The number of aromatic hydroxyl groups is 1. The average molecular weight is 686 g/mol. The molecule has 4 rings (SSSR count). The number of ketones is 4. The zero-order chi connectivity index (χ0) is 37.4. The van der Waals surface area contributed by atoms with Gasteiger partial charge in [0.1, 0.15) is 5.75 Å². The van der Waals surface area contributed by atoms with Gasteiger partial charge in [0.2, 0.25) is 5.78 Å². The lowest BCUT2D eigenvalue weighted by atomic mass is 9.83. The number of hydrogen-bond donors (Lipinski definition) is 5. The summed E-state index contributed by atoms with van der Waals surface area (Å²) in [6, 6.07) is 1.30. The summed E-state index contributed by atoms with van der Waals surface area (Å²) >= 11 is 0. The first-order valence-electron chi connectivity index (χ1n) is 16.6. The molecule has 266 valence electrons. The van der Waals surface area contributed by atoms with Gasteiger partial charge in [-0.2, -0.15) is 0 Å². The van der Waals surface area contributed by atoms with Crippen molar-refractivity contribution in [3.8, 4) is 5.75 Å². The number of fused-ring (bicyclic) bond motifs is 18. The second-order valence-electron chi connectivity index (χ2n) is 13.2. The first kappa shape index (κ1) is 39.7. The monoisotopic (exact) mass is 685 g/mol. The summed E-state index contributed by atoms with van der Waals surface area (Å²) in [7, 11) is 0. The van der Waals surface area contributed by atoms with Crippen molar-refractivity contribution in [3.05, 3.63) is 111 Å². The Balaban J connectivity index is 2.04. The molecule has 0 saturated carbocycles. The van der Waals surface area contributed by atoms with E-state index in [0.717, 1.165) is 6.08 Å². The zero-order valence-corrected chi connectivity index (χ0v) is 29.6. The summed E-state index contributed by atoms with van der Waals surface area (Å²) in [6.07, 6.45) is 12.4. The van der Waals surface area contributed by atoms with Gasteiger partial charge in [-0.05, 0) is 56.9 Å². The molecule has 2 heterocycles. The van der Waals surface area contributed by atoms with E-state index in [4.69, 9.17) is 0 Å². The molecule has 1 aromatic rings. The smallest absolute Gasteiger partial charge is 0.251 e. The van der Waals surface area contributed by atoms with Gasteiger partial charge in [0.05, 0.1) is 29.6 Å². The second-order valence-corrected chi connectivity index (χ2v) is 13.2. The van der Waals surface area contributed by atoms with Crippen LogP contribution in [0.5, 0.6) is 5.75 Å². The number of aliphatic hydroxyl groups is 3. The highest BCUT2D eigenvalue weighted by molar-refractivity contribution is 6.30. The van der Waals surface area contributed by atoms with Crippen LogP contribution in [-0.4, -0.2) is 67.8 Å². The number of carbonyl (C=O) groups excluding carboxylic acids is 5. The summed E-state index contributed by atoms with van der Waals surface area (Å²) in [5.74, 6) is -4.91. The molecule has 0 radical (unpaired) electrons. The quantitative estimate of drug-likeness (QED) is 0.232. The zero-order valence-electron chi connectivity index (χ0n) is 29.6. The van der Waals surface area contributed by atoms with E-state index < -0.39 is 59.2 Å². The number of carbonyl (C=O) groups is 5. The molecule has 3 aliphatic rings. The maximum absolute atomic E-state index is 13.7. The lowest BCUT2D eigenvalue weighted by Crippen LogP contribution is -2.32. The van der Waals surface area contributed by atoms with Crippen LogP contribution in [0.2, 0.25) is 0 Å². The standard InChI is InChI=1S/C40H47NO9/c1-21-11-9-8-10-12-24(4)40(50)41-30-19-33(45)34-29(39(30)49)18-27(7)38(48)35(34)37(47)26(6)17-25(5)36(46)23(3)14-16-28(42)15-13-22(2)32(44)20-31(21)43/h8-14,16-19,21,23,25,28,31,36,42-43,46,48H,15,20H2,1-7H3,(H,41,50)/b10-8-,11-9+,16-14+,22-13+,24-12-,26-17+/t21-,23-,25-,28-,31-,36-/m0/s1. The highest BCUT2D eigenvalue weighted by Gasteiger charge is 2.34. The Bertz CT molecular complexity index is 1770. The van der Waals surface area contributed by atoms with Crippen LogP contribution in [0.1, 0.15) is 91.0 Å². The van der Waals surface area contributed by atoms with Crippen molar-refractivity contribution in [2.24, 2.45) is 17.8 Å². The van der Waals surface area contributed by atoms with Crippen molar-refractivity contribution >= 4 is 29.0 Å². The van der Waals surface area contributed by atoms with E-state index in [0.29, 0.717) is 5.57 Å². The topological polar surface area (TPSA) is 178 Å². The predicted molar refractivity (Wildman–Crippen MR) is 191 cm³/mol. The van der Waals surface area contributed by atoms with Crippen LogP contribution in [0.3, 0.4) is 0 Å². The fourth-order valence-electron chi connectivity index (χ4n) is 5.59. The normalized spacial score (nSPS) is 31.8. The summed E-state index contributed by atoms with van der Waals surface area (Å²) in [6.45, 7) is 11.3. The van der Waals surface area contributed by atoms with Gasteiger partial charge >= 0.3 is 0 Å². The van der Waals surface area contributed by atoms with Gasteiger partial charge in [-0.3, -0.25) is 24.0 Å². The van der Waals surface area contributed by atoms with Gasteiger partial charge in [0.15, 0.2) is 17.3 Å². The molecule has 0 fully saturated rings. The van der Waals surface area contributed by atoms with Crippen LogP contribution in [-0.2, 0) is 9.59 Å². The van der Waals surface area contributed by atoms with E-state index >= 15 is 0 Å². The number of phenols is 1. The molecule has 0 spiro atoms. The molecule has 2 aliphatic heterocycles. The molecular weight excluding hydrogens is 638 g/mol. The molecule has 10 heteroatoms. The van der Waals surface area contributed by atoms with Gasteiger partial charge in [-0.15, -0.1) is 0 Å². The molecule has 0 unspecified atom stereocenters. The van der Waals surface area contributed by atoms with Crippen molar-refractivity contribution in [1.29, 1.82) is 0 Å². The van der Waals surface area contributed by atoms with Gasteiger partial charge in [-0.1, -0.05) is 75.5 Å². The number of benzene rings is 1. The van der Waals surface area contributed by atoms with Crippen molar-refractivity contribution in [2.45, 2.75) is 79.6 Å². The maximum Gasteiger partial charge on any atom is 0.251 e. The third kappa shape index (κ3) is 9.68. The molecule has 5 N–H and O–H groups in total. The summed E-state index contributed by atoms with van der Waals surface area (Å²) < 4.78 is 0. The van der Waals surface area contributed by atoms with E-state index in [2.05, 4.69) is 5.32 Å². The number of aliphatic hydroxyl groups excluding tert-OH is 3. The molecule has 0 saturated heterocycles.